The Bertz CT molecular complexity index is 1320. The van der Waals surface area contributed by atoms with E-state index in [2.05, 4.69) is 5.10 Å². The molecule has 0 aliphatic heterocycles. The number of para-hydroxylation sites is 1. The molecule has 0 saturated heterocycles. The zero-order chi connectivity index (χ0) is 23.1. The largest absolute Gasteiger partial charge is 1.00 e. The van der Waals surface area contributed by atoms with Crippen molar-refractivity contribution in [2.45, 2.75) is 12.8 Å². The number of unbranched alkanes of at least 4 members (excludes halogenated alkanes) is 1. The van der Waals surface area contributed by atoms with Crippen LogP contribution in [0.15, 0.2) is 58.2 Å². The third kappa shape index (κ3) is 7.26. The predicted octanol–water partition coefficient (Wildman–Crippen LogP) is -0.326. The molecular formula is C21H18N3NaO6S2. The Morgan fingerprint density at radius 3 is 2.55 bits per heavy atom. The molecule has 0 unspecified atom stereocenters. The Kier molecular flexibility index (Phi) is 9.85. The number of thiophene rings is 1. The Balaban J connectivity index is 0.00000385. The third-order valence-corrected chi connectivity index (χ3v) is 6.04. The number of nitrogens with zero attached hydrogens (tertiary/aromatic N) is 2. The van der Waals surface area contributed by atoms with Crippen LogP contribution in [0.1, 0.15) is 18.4 Å². The Hall–Kier alpha value is -2.46. The maximum Gasteiger partial charge on any atom is 1.00 e. The van der Waals surface area contributed by atoms with Gasteiger partial charge in [0, 0.05) is 5.75 Å². The molecular weight excluding hydrogens is 477 g/mol. The molecule has 0 atom stereocenters. The first-order valence-corrected chi connectivity index (χ1v) is 11.9. The van der Waals surface area contributed by atoms with Gasteiger partial charge < -0.3 is 9.29 Å². The van der Waals surface area contributed by atoms with Crippen LogP contribution in [0.3, 0.4) is 0 Å². The minimum atomic E-state index is -4.33. The molecule has 2 heterocycles. The molecule has 9 nitrogen and oxygen atoms in total. The van der Waals surface area contributed by atoms with Gasteiger partial charge in [-0.25, -0.2) is 17.9 Å². The first-order chi connectivity index (χ1) is 15.3. The number of hydrogen-bond acceptors (Lipinski definition) is 8. The van der Waals surface area contributed by atoms with Crippen molar-refractivity contribution in [1.29, 1.82) is 5.26 Å². The third-order valence-electron chi connectivity index (χ3n) is 4.36. The molecule has 0 aliphatic rings. The summed E-state index contributed by atoms with van der Waals surface area (Å²) in [6, 6.07) is 14.2. The van der Waals surface area contributed by atoms with Crippen LogP contribution in [-0.2, 0) is 19.6 Å². The molecule has 0 spiro atoms. The number of nitrogens with one attached hydrogen (secondary N) is 1. The fourth-order valence-corrected chi connectivity index (χ4v) is 4.15. The van der Waals surface area contributed by atoms with Crippen molar-refractivity contribution in [3.8, 4) is 22.3 Å². The summed E-state index contributed by atoms with van der Waals surface area (Å²) in [5.41, 5.74) is 0.345. The summed E-state index contributed by atoms with van der Waals surface area (Å²) in [7, 11) is -4.33. The van der Waals surface area contributed by atoms with Gasteiger partial charge in [-0.1, -0.05) is 24.3 Å². The SMILES string of the molecule is N#C/C(=C\c1c(-c2cccs2)[nH]n(-c2ccccc2)c1=O)C(=O)OCCCCS(=O)(=O)[O-].[Na+]. The van der Waals surface area contributed by atoms with E-state index in [-0.39, 0.29) is 60.1 Å². The number of esters is 1. The molecule has 0 amide bonds. The average Bonchev–Trinajstić information content (AvgIpc) is 3.39. The number of nitriles is 1. The molecule has 0 aliphatic carbocycles. The van der Waals surface area contributed by atoms with E-state index in [9.17, 15) is 27.8 Å². The van der Waals surface area contributed by atoms with Gasteiger partial charge in [-0.2, -0.15) is 5.26 Å². The van der Waals surface area contributed by atoms with Gasteiger partial charge in [-0.3, -0.25) is 9.89 Å². The second kappa shape index (κ2) is 12.1. The van der Waals surface area contributed by atoms with Gasteiger partial charge in [-0.05, 0) is 42.5 Å². The Morgan fingerprint density at radius 1 is 1.21 bits per heavy atom. The van der Waals surface area contributed by atoms with Crippen LogP contribution in [0.5, 0.6) is 0 Å². The van der Waals surface area contributed by atoms with Crippen molar-refractivity contribution in [3.63, 3.8) is 0 Å². The van der Waals surface area contributed by atoms with Gasteiger partial charge in [0.1, 0.15) is 11.6 Å². The summed E-state index contributed by atoms with van der Waals surface area (Å²) < 4.78 is 38.1. The van der Waals surface area contributed by atoms with E-state index < -0.39 is 27.4 Å². The smallest absolute Gasteiger partial charge is 0.748 e. The van der Waals surface area contributed by atoms with E-state index in [0.717, 1.165) is 4.88 Å². The molecule has 12 heteroatoms. The van der Waals surface area contributed by atoms with E-state index in [4.69, 9.17) is 4.74 Å². The summed E-state index contributed by atoms with van der Waals surface area (Å²) in [5, 5.41) is 14.3. The van der Waals surface area contributed by atoms with Crippen molar-refractivity contribution >= 4 is 33.5 Å². The second-order valence-electron chi connectivity index (χ2n) is 6.63. The van der Waals surface area contributed by atoms with E-state index in [1.54, 1.807) is 36.4 Å². The van der Waals surface area contributed by atoms with Crippen molar-refractivity contribution in [2.24, 2.45) is 0 Å². The number of aromatic amines is 1. The molecule has 2 aromatic heterocycles. The predicted molar refractivity (Wildman–Crippen MR) is 118 cm³/mol. The molecule has 3 aromatic rings. The summed E-state index contributed by atoms with van der Waals surface area (Å²) >= 11 is 1.39. The summed E-state index contributed by atoms with van der Waals surface area (Å²) in [5.74, 6) is -1.50. The molecule has 1 aromatic carbocycles. The molecule has 0 radical (unpaired) electrons. The fourth-order valence-electron chi connectivity index (χ4n) is 2.86. The first kappa shape index (κ1) is 26.8. The van der Waals surface area contributed by atoms with Gasteiger partial charge >= 0.3 is 35.5 Å². The van der Waals surface area contributed by atoms with Crippen molar-refractivity contribution in [1.82, 2.24) is 9.78 Å². The molecule has 3 rings (SSSR count). The zero-order valence-corrected chi connectivity index (χ0v) is 21.3. The Labute approximate surface area is 216 Å². The molecule has 33 heavy (non-hydrogen) atoms. The van der Waals surface area contributed by atoms with Crippen LogP contribution in [0.25, 0.3) is 22.3 Å². The minimum absolute atomic E-state index is 0. The molecule has 0 bridgehead atoms. The normalized spacial score (nSPS) is 11.5. The van der Waals surface area contributed by atoms with Gasteiger partial charge in [0.2, 0.25) is 0 Å². The van der Waals surface area contributed by atoms with Gasteiger partial charge in [0.15, 0.2) is 0 Å². The van der Waals surface area contributed by atoms with Gasteiger partial charge in [0.05, 0.1) is 38.5 Å². The monoisotopic (exact) mass is 495 g/mol. The van der Waals surface area contributed by atoms with Crippen LogP contribution in [0, 0.1) is 11.3 Å². The minimum Gasteiger partial charge on any atom is -0.748 e. The molecule has 166 valence electrons. The Morgan fingerprint density at radius 2 is 1.94 bits per heavy atom. The molecule has 1 N–H and O–H groups in total. The van der Waals surface area contributed by atoms with Crippen LogP contribution < -0.4 is 35.1 Å². The van der Waals surface area contributed by atoms with Crippen LogP contribution in [0.2, 0.25) is 0 Å². The zero-order valence-electron chi connectivity index (χ0n) is 17.7. The number of H-pyrrole nitrogens is 1. The van der Waals surface area contributed by atoms with Crippen molar-refractivity contribution in [3.05, 3.63) is 69.3 Å². The summed E-state index contributed by atoms with van der Waals surface area (Å²) in [4.78, 5) is 26.2. The standard InChI is InChI=1S/C21H19N3O6S2.Na/c22-14-15(21(26)30-10-4-5-12-32(27,28)29)13-17-19(18-9-6-11-31-18)23-24(20(17)25)16-7-2-1-3-8-16;/h1-3,6-9,11,13,23H,4-5,10,12H2,(H,27,28,29);/q;+1/p-1/b15-13+;. The maximum absolute atomic E-state index is 13.1. The number of rotatable bonds is 9. The number of benzene rings is 1. The van der Waals surface area contributed by atoms with Crippen LogP contribution in [0.4, 0.5) is 0 Å². The summed E-state index contributed by atoms with van der Waals surface area (Å²) in [6.07, 6.45) is 1.36. The number of hydrogen-bond donors (Lipinski definition) is 1. The summed E-state index contributed by atoms with van der Waals surface area (Å²) in [6.45, 7) is -0.160. The van der Waals surface area contributed by atoms with Gasteiger partial charge in [-0.15, -0.1) is 11.3 Å². The fraction of sp³-hybridized carbons (Fsp3) is 0.190. The number of carbonyl (C=O) groups is 1. The van der Waals surface area contributed by atoms with E-state index in [1.165, 1.54) is 22.1 Å². The maximum atomic E-state index is 13.1. The quantitative estimate of drug-likeness (QED) is 0.107. The van der Waals surface area contributed by atoms with Crippen LogP contribution >= 0.6 is 11.3 Å². The number of ether oxygens (including phenoxy) is 1. The molecule has 0 fully saturated rings. The number of carbonyl (C=O) groups excluding carboxylic acids is 1. The number of aromatic nitrogens is 2. The van der Waals surface area contributed by atoms with Gasteiger partial charge in [0.25, 0.3) is 5.56 Å². The topological polar surface area (TPSA) is 145 Å². The molecule has 0 saturated carbocycles. The van der Waals surface area contributed by atoms with E-state index in [1.807, 2.05) is 17.5 Å². The van der Waals surface area contributed by atoms with Crippen molar-refractivity contribution < 1.29 is 52.1 Å². The van der Waals surface area contributed by atoms with Crippen molar-refractivity contribution in [2.75, 3.05) is 12.4 Å². The van der Waals surface area contributed by atoms with Crippen LogP contribution in [-0.4, -0.2) is 41.1 Å². The first-order valence-electron chi connectivity index (χ1n) is 9.47. The average molecular weight is 496 g/mol. The van der Waals surface area contributed by atoms with E-state index in [0.29, 0.717) is 11.4 Å². The second-order valence-corrected chi connectivity index (χ2v) is 9.10. The van der Waals surface area contributed by atoms with E-state index >= 15 is 0 Å².